The van der Waals surface area contributed by atoms with E-state index in [1.807, 2.05) is 0 Å². The molecule has 16 heavy (non-hydrogen) atoms. The summed E-state index contributed by atoms with van der Waals surface area (Å²) in [4.78, 5) is 4.72. The summed E-state index contributed by atoms with van der Waals surface area (Å²) in [6.45, 7) is 2.18. The van der Waals surface area contributed by atoms with Gasteiger partial charge in [0.15, 0.2) is 0 Å². The third kappa shape index (κ3) is 0.884. The minimum atomic E-state index is 1.07. The summed E-state index contributed by atoms with van der Waals surface area (Å²) >= 11 is 0. The molecule has 0 saturated carbocycles. The molecule has 2 aliphatic rings. The van der Waals surface area contributed by atoms with Crippen molar-refractivity contribution in [2.75, 3.05) is 0 Å². The first-order valence-corrected chi connectivity index (χ1v) is 5.64. The molecule has 0 bridgehead atoms. The highest BCUT2D eigenvalue weighted by molar-refractivity contribution is 6.25. The predicted molar refractivity (Wildman–Crippen MR) is 67.6 cm³/mol. The van der Waals surface area contributed by atoms with Crippen LogP contribution < -0.4 is 0 Å². The van der Waals surface area contributed by atoms with Crippen molar-refractivity contribution in [3.05, 3.63) is 53.1 Å². The minimum absolute atomic E-state index is 1.07. The largest absolute Gasteiger partial charge is 0.248 e. The SMILES string of the molecule is CC1=CC2=Nc3cccc4ccc(c2c34)C1. The Balaban J connectivity index is 2.23. The van der Waals surface area contributed by atoms with E-state index in [0.717, 1.165) is 17.8 Å². The van der Waals surface area contributed by atoms with E-state index in [1.165, 1.54) is 27.5 Å². The van der Waals surface area contributed by atoms with Gasteiger partial charge in [-0.05, 0) is 36.4 Å². The lowest BCUT2D eigenvalue weighted by atomic mass is 9.88. The molecule has 0 aromatic heterocycles. The van der Waals surface area contributed by atoms with Gasteiger partial charge in [-0.1, -0.05) is 29.8 Å². The number of allylic oxidation sites excluding steroid dienone is 2. The number of hydrogen-bond acceptors (Lipinski definition) is 1. The first-order chi connectivity index (χ1) is 7.83. The number of nitrogens with zero attached hydrogens (tertiary/aromatic N) is 1. The third-order valence-electron chi connectivity index (χ3n) is 3.46. The monoisotopic (exact) mass is 205 g/mol. The average molecular weight is 205 g/mol. The molecule has 1 nitrogen and oxygen atoms in total. The Morgan fingerprint density at radius 1 is 1.12 bits per heavy atom. The lowest BCUT2D eigenvalue weighted by Crippen LogP contribution is -2.07. The van der Waals surface area contributed by atoms with Gasteiger partial charge < -0.3 is 0 Å². The Morgan fingerprint density at radius 2 is 2.06 bits per heavy atom. The van der Waals surface area contributed by atoms with Crippen LogP contribution in [0.4, 0.5) is 5.69 Å². The molecule has 1 aliphatic heterocycles. The summed E-state index contributed by atoms with van der Waals surface area (Å²) in [5, 5.41) is 2.65. The first kappa shape index (κ1) is 8.28. The standard InChI is InChI=1S/C15H11N/c1-9-7-11-6-5-10-3-2-4-12-14(10)15(11)13(8-9)16-12/h2-6,8H,7H2,1H3. The minimum Gasteiger partial charge on any atom is -0.248 e. The number of benzene rings is 2. The Labute approximate surface area is 94.1 Å². The zero-order valence-corrected chi connectivity index (χ0v) is 9.12. The summed E-state index contributed by atoms with van der Waals surface area (Å²) in [7, 11) is 0. The molecule has 1 heteroatoms. The lowest BCUT2D eigenvalue weighted by molar-refractivity contribution is 1.13. The van der Waals surface area contributed by atoms with Gasteiger partial charge in [0.25, 0.3) is 0 Å². The van der Waals surface area contributed by atoms with Crippen LogP contribution in [0.15, 0.2) is 47.0 Å². The summed E-state index contributed by atoms with van der Waals surface area (Å²) in [6.07, 6.45) is 3.29. The molecular weight excluding hydrogens is 194 g/mol. The fourth-order valence-corrected chi connectivity index (χ4v) is 2.81. The molecule has 2 aromatic carbocycles. The Morgan fingerprint density at radius 3 is 3.00 bits per heavy atom. The highest BCUT2D eigenvalue weighted by Gasteiger charge is 2.23. The molecule has 1 heterocycles. The second kappa shape index (κ2) is 2.62. The van der Waals surface area contributed by atoms with E-state index in [-0.39, 0.29) is 0 Å². The number of hydrogen-bond donors (Lipinski definition) is 0. The lowest BCUT2D eigenvalue weighted by Gasteiger charge is -2.14. The van der Waals surface area contributed by atoms with E-state index in [1.54, 1.807) is 0 Å². The van der Waals surface area contributed by atoms with E-state index in [0.29, 0.717) is 0 Å². The van der Waals surface area contributed by atoms with Crippen molar-refractivity contribution in [3.63, 3.8) is 0 Å². The smallest absolute Gasteiger partial charge is 0.0722 e. The van der Waals surface area contributed by atoms with Crippen LogP contribution in [0.3, 0.4) is 0 Å². The molecule has 2 aromatic rings. The summed E-state index contributed by atoms with van der Waals surface area (Å²) in [5.41, 5.74) is 6.49. The van der Waals surface area contributed by atoms with Crippen LogP contribution in [-0.4, -0.2) is 5.71 Å². The molecule has 0 N–H and O–H groups in total. The molecule has 0 atom stereocenters. The maximum Gasteiger partial charge on any atom is 0.0722 e. The maximum absolute atomic E-state index is 4.72. The van der Waals surface area contributed by atoms with Crippen LogP contribution in [0.25, 0.3) is 10.8 Å². The maximum atomic E-state index is 4.72. The molecule has 0 spiro atoms. The van der Waals surface area contributed by atoms with Crippen LogP contribution in [0.5, 0.6) is 0 Å². The number of aliphatic imine (C=N–C) groups is 1. The second-order valence-electron chi connectivity index (χ2n) is 4.64. The molecule has 0 saturated heterocycles. The quantitative estimate of drug-likeness (QED) is 0.620. The van der Waals surface area contributed by atoms with Gasteiger partial charge in [0, 0.05) is 10.9 Å². The molecule has 0 amide bonds. The van der Waals surface area contributed by atoms with Gasteiger partial charge in [-0.3, -0.25) is 0 Å². The first-order valence-electron chi connectivity index (χ1n) is 5.64. The Kier molecular flexibility index (Phi) is 1.35. The third-order valence-corrected chi connectivity index (χ3v) is 3.46. The molecule has 76 valence electrons. The zero-order chi connectivity index (χ0) is 10.7. The Hall–Kier alpha value is -1.89. The van der Waals surface area contributed by atoms with E-state index >= 15 is 0 Å². The van der Waals surface area contributed by atoms with E-state index in [4.69, 9.17) is 4.99 Å². The van der Waals surface area contributed by atoms with Gasteiger partial charge in [-0.25, -0.2) is 4.99 Å². The summed E-state index contributed by atoms with van der Waals surface area (Å²) in [6, 6.07) is 10.8. The fourth-order valence-electron chi connectivity index (χ4n) is 2.81. The van der Waals surface area contributed by atoms with E-state index in [9.17, 15) is 0 Å². The van der Waals surface area contributed by atoms with Crippen molar-refractivity contribution in [1.29, 1.82) is 0 Å². The average Bonchev–Trinajstić information content (AvgIpc) is 2.64. The van der Waals surface area contributed by atoms with Crippen LogP contribution in [0.2, 0.25) is 0 Å². The number of rotatable bonds is 0. The topological polar surface area (TPSA) is 12.4 Å². The van der Waals surface area contributed by atoms with Crippen LogP contribution in [-0.2, 0) is 6.42 Å². The van der Waals surface area contributed by atoms with E-state index < -0.39 is 0 Å². The Bertz CT molecular complexity index is 690. The summed E-state index contributed by atoms with van der Waals surface area (Å²) in [5.74, 6) is 0. The van der Waals surface area contributed by atoms with Crippen molar-refractivity contribution in [2.45, 2.75) is 13.3 Å². The second-order valence-corrected chi connectivity index (χ2v) is 4.64. The van der Waals surface area contributed by atoms with Crippen molar-refractivity contribution >= 4 is 22.2 Å². The van der Waals surface area contributed by atoms with Crippen LogP contribution >= 0.6 is 0 Å². The van der Waals surface area contributed by atoms with Crippen molar-refractivity contribution < 1.29 is 0 Å². The molecule has 0 unspecified atom stereocenters. The van der Waals surface area contributed by atoms with Gasteiger partial charge in [0.1, 0.15) is 0 Å². The zero-order valence-electron chi connectivity index (χ0n) is 9.12. The van der Waals surface area contributed by atoms with Crippen LogP contribution in [0.1, 0.15) is 18.1 Å². The molecule has 4 rings (SSSR count). The fraction of sp³-hybridized carbons (Fsp3) is 0.133. The van der Waals surface area contributed by atoms with Crippen LogP contribution in [0, 0.1) is 0 Å². The summed E-state index contributed by atoms with van der Waals surface area (Å²) < 4.78 is 0. The molecule has 1 aliphatic carbocycles. The van der Waals surface area contributed by atoms with Gasteiger partial charge in [-0.15, -0.1) is 0 Å². The molecule has 0 fully saturated rings. The van der Waals surface area contributed by atoms with Crippen molar-refractivity contribution in [2.24, 2.45) is 4.99 Å². The van der Waals surface area contributed by atoms with Crippen molar-refractivity contribution in [1.82, 2.24) is 0 Å². The normalized spacial score (nSPS) is 16.3. The van der Waals surface area contributed by atoms with Gasteiger partial charge in [0.05, 0.1) is 11.4 Å². The highest BCUT2D eigenvalue weighted by Crippen LogP contribution is 2.40. The predicted octanol–water partition coefficient (Wildman–Crippen LogP) is 3.78. The molecule has 0 radical (unpaired) electrons. The highest BCUT2D eigenvalue weighted by atomic mass is 14.8. The van der Waals surface area contributed by atoms with Crippen molar-refractivity contribution in [3.8, 4) is 0 Å². The van der Waals surface area contributed by atoms with Gasteiger partial charge in [-0.2, -0.15) is 0 Å². The molecular formula is C15H11N. The van der Waals surface area contributed by atoms with Gasteiger partial charge in [0.2, 0.25) is 0 Å². The van der Waals surface area contributed by atoms with E-state index in [2.05, 4.69) is 43.3 Å². The van der Waals surface area contributed by atoms with Gasteiger partial charge >= 0.3 is 0 Å².